The van der Waals surface area contributed by atoms with E-state index in [1.807, 2.05) is 18.2 Å². The Morgan fingerprint density at radius 1 is 1.26 bits per heavy atom. The summed E-state index contributed by atoms with van der Waals surface area (Å²) in [7, 11) is 0. The van der Waals surface area contributed by atoms with Crippen LogP contribution in [0.15, 0.2) is 47.7 Å². The number of amides is 2. The first-order chi connectivity index (χ1) is 13.2. The molecule has 0 fully saturated rings. The van der Waals surface area contributed by atoms with E-state index in [0.29, 0.717) is 10.8 Å². The summed E-state index contributed by atoms with van der Waals surface area (Å²) in [5.74, 6) is 0. The van der Waals surface area contributed by atoms with Gasteiger partial charge in [0.15, 0.2) is 5.13 Å². The van der Waals surface area contributed by atoms with Gasteiger partial charge in [-0.25, -0.2) is 15.2 Å². The van der Waals surface area contributed by atoms with E-state index in [0.717, 1.165) is 29.9 Å². The van der Waals surface area contributed by atoms with Gasteiger partial charge < -0.3 is 0 Å². The largest absolute Gasteiger partial charge is 0.341 e. The van der Waals surface area contributed by atoms with Crippen LogP contribution in [0.5, 0.6) is 0 Å². The highest BCUT2D eigenvalue weighted by Gasteiger charge is 2.09. The van der Waals surface area contributed by atoms with E-state index in [1.54, 1.807) is 12.3 Å². The molecule has 2 N–H and O–H groups in total. The minimum absolute atomic E-state index is 0.440. The lowest BCUT2D eigenvalue weighted by molar-refractivity contribution is 0.252. The minimum atomic E-state index is -0.440. The Bertz CT molecular complexity index is 920. The van der Waals surface area contributed by atoms with Crippen LogP contribution in [0, 0.1) is 0 Å². The lowest BCUT2D eigenvalue weighted by atomic mass is 10.2. The predicted molar refractivity (Wildman–Crippen MR) is 110 cm³/mol. The molecule has 0 aliphatic carbocycles. The summed E-state index contributed by atoms with van der Waals surface area (Å²) in [5, 5.41) is 7.13. The molecule has 0 bridgehead atoms. The molecule has 0 spiro atoms. The Hall–Kier alpha value is -2.84. The van der Waals surface area contributed by atoms with Crippen LogP contribution in [0.2, 0.25) is 0 Å². The number of hydrogen-bond donors (Lipinski definition) is 2. The van der Waals surface area contributed by atoms with Crippen LogP contribution in [-0.2, 0) is 6.54 Å². The molecular formula is C19H22N6OS. The second kappa shape index (κ2) is 9.20. The first-order valence-corrected chi connectivity index (χ1v) is 9.62. The Kier molecular flexibility index (Phi) is 6.45. The molecular weight excluding hydrogens is 360 g/mol. The van der Waals surface area contributed by atoms with Crippen molar-refractivity contribution in [1.82, 2.24) is 20.3 Å². The number of rotatable bonds is 7. The number of benzene rings is 1. The van der Waals surface area contributed by atoms with Gasteiger partial charge in [0.2, 0.25) is 0 Å². The van der Waals surface area contributed by atoms with E-state index in [1.165, 1.54) is 23.1 Å². The van der Waals surface area contributed by atoms with Crippen LogP contribution in [0.25, 0.3) is 10.2 Å². The van der Waals surface area contributed by atoms with Crippen molar-refractivity contribution in [3.8, 4) is 0 Å². The standard InChI is InChI=1S/C19H22N6OS/c1-3-25(4-2)13-14-8-9-16-17(11-14)27-19(22-16)23-18(26)24-21-12-15-7-5-6-10-20-15/h5-12H,3-4,13H2,1-2H3,(H2,22,23,24,26)/b21-12+. The quantitative estimate of drug-likeness (QED) is 0.482. The number of hydrogen-bond acceptors (Lipinski definition) is 6. The van der Waals surface area contributed by atoms with Gasteiger partial charge in [0.05, 0.1) is 22.1 Å². The summed E-state index contributed by atoms with van der Waals surface area (Å²) < 4.78 is 1.05. The molecule has 0 saturated carbocycles. The van der Waals surface area contributed by atoms with Crippen molar-refractivity contribution in [3.63, 3.8) is 0 Å². The van der Waals surface area contributed by atoms with Crippen molar-refractivity contribution >= 4 is 38.9 Å². The van der Waals surface area contributed by atoms with Crippen LogP contribution >= 0.6 is 11.3 Å². The second-order valence-corrected chi connectivity index (χ2v) is 6.89. The third kappa shape index (κ3) is 5.32. The van der Waals surface area contributed by atoms with Crippen LogP contribution in [0.3, 0.4) is 0 Å². The van der Waals surface area contributed by atoms with Crippen molar-refractivity contribution in [1.29, 1.82) is 0 Å². The van der Waals surface area contributed by atoms with Gasteiger partial charge in [-0.05, 0) is 42.9 Å². The van der Waals surface area contributed by atoms with Gasteiger partial charge in [-0.1, -0.05) is 37.3 Å². The number of anilines is 1. The molecule has 3 aromatic rings. The van der Waals surface area contributed by atoms with Gasteiger partial charge in [-0.3, -0.25) is 15.2 Å². The molecule has 0 unspecified atom stereocenters. The van der Waals surface area contributed by atoms with Gasteiger partial charge in [0, 0.05) is 12.7 Å². The summed E-state index contributed by atoms with van der Waals surface area (Å²) >= 11 is 1.45. The van der Waals surface area contributed by atoms with Gasteiger partial charge in [0.25, 0.3) is 0 Å². The number of carbonyl (C=O) groups excluding carboxylic acids is 1. The molecule has 0 aliphatic rings. The summed E-state index contributed by atoms with van der Waals surface area (Å²) in [5.41, 5.74) is 5.19. The van der Waals surface area contributed by atoms with Crippen LogP contribution < -0.4 is 10.7 Å². The Morgan fingerprint density at radius 2 is 2.11 bits per heavy atom. The lowest BCUT2D eigenvalue weighted by Crippen LogP contribution is -2.24. The highest BCUT2D eigenvalue weighted by Crippen LogP contribution is 2.27. The molecule has 7 nitrogen and oxygen atoms in total. The topological polar surface area (TPSA) is 82.5 Å². The van der Waals surface area contributed by atoms with Crippen molar-refractivity contribution < 1.29 is 4.79 Å². The van der Waals surface area contributed by atoms with Crippen LogP contribution in [0.1, 0.15) is 25.1 Å². The molecule has 2 heterocycles. The zero-order valence-electron chi connectivity index (χ0n) is 15.3. The number of pyridine rings is 1. The first kappa shape index (κ1) is 18.9. The number of nitrogens with one attached hydrogen (secondary N) is 2. The SMILES string of the molecule is CCN(CC)Cc1ccc2nc(NC(=O)N/N=C/c3ccccn3)sc2c1. The fourth-order valence-electron chi connectivity index (χ4n) is 2.56. The molecule has 0 aliphatic heterocycles. The van der Waals surface area contributed by atoms with Crippen molar-refractivity contribution in [2.75, 3.05) is 18.4 Å². The van der Waals surface area contributed by atoms with E-state index in [2.05, 4.69) is 56.7 Å². The fourth-order valence-corrected chi connectivity index (χ4v) is 3.49. The highest BCUT2D eigenvalue weighted by atomic mass is 32.1. The number of urea groups is 1. The van der Waals surface area contributed by atoms with Gasteiger partial charge in [-0.15, -0.1) is 0 Å². The number of nitrogens with zero attached hydrogens (tertiary/aromatic N) is 4. The van der Waals surface area contributed by atoms with Crippen LogP contribution in [-0.4, -0.2) is 40.2 Å². The summed E-state index contributed by atoms with van der Waals surface area (Å²) in [4.78, 5) is 22.9. The van der Waals surface area contributed by atoms with Gasteiger partial charge in [0.1, 0.15) is 0 Å². The smallest absolute Gasteiger partial charge is 0.300 e. The van der Waals surface area contributed by atoms with Gasteiger partial charge in [-0.2, -0.15) is 5.10 Å². The molecule has 1 aromatic carbocycles. The monoisotopic (exact) mass is 382 g/mol. The lowest BCUT2D eigenvalue weighted by Gasteiger charge is -2.17. The number of fused-ring (bicyclic) bond motifs is 1. The maximum absolute atomic E-state index is 12.0. The fraction of sp³-hybridized carbons (Fsp3) is 0.263. The number of hydrazone groups is 1. The number of thiazole rings is 1. The average Bonchev–Trinajstić information content (AvgIpc) is 3.08. The molecule has 8 heteroatoms. The molecule has 2 aromatic heterocycles. The third-order valence-corrected chi connectivity index (χ3v) is 4.96. The normalized spacial score (nSPS) is 11.4. The summed E-state index contributed by atoms with van der Waals surface area (Å²) in [6.45, 7) is 7.26. The maximum Gasteiger partial charge on any atom is 0.341 e. The summed E-state index contributed by atoms with van der Waals surface area (Å²) in [6, 6.07) is 11.2. The molecule has 0 saturated heterocycles. The Labute approximate surface area is 162 Å². The average molecular weight is 382 g/mol. The van der Waals surface area contributed by atoms with E-state index < -0.39 is 6.03 Å². The van der Waals surface area contributed by atoms with E-state index in [9.17, 15) is 4.79 Å². The van der Waals surface area contributed by atoms with E-state index in [4.69, 9.17) is 0 Å². The zero-order valence-corrected chi connectivity index (χ0v) is 16.2. The van der Waals surface area contributed by atoms with Crippen molar-refractivity contribution in [2.24, 2.45) is 5.10 Å². The molecule has 0 atom stereocenters. The zero-order chi connectivity index (χ0) is 19.1. The Balaban J connectivity index is 1.61. The molecule has 3 rings (SSSR count). The van der Waals surface area contributed by atoms with Crippen molar-refractivity contribution in [2.45, 2.75) is 20.4 Å². The predicted octanol–water partition coefficient (Wildman–Crippen LogP) is 3.69. The molecule has 140 valence electrons. The summed E-state index contributed by atoms with van der Waals surface area (Å²) in [6.07, 6.45) is 3.15. The second-order valence-electron chi connectivity index (χ2n) is 5.86. The minimum Gasteiger partial charge on any atom is -0.300 e. The third-order valence-electron chi connectivity index (χ3n) is 4.02. The van der Waals surface area contributed by atoms with E-state index in [-0.39, 0.29) is 0 Å². The molecule has 27 heavy (non-hydrogen) atoms. The number of carbonyl (C=O) groups is 1. The number of aromatic nitrogens is 2. The highest BCUT2D eigenvalue weighted by molar-refractivity contribution is 7.22. The van der Waals surface area contributed by atoms with Gasteiger partial charge >= 0.3 is 6.03 Å². The molecule has 0 radical (unpaired) electrons. The van der Waals surface area contributed by atoms with Crippen LogP contribution in [0.4, 0.5) is 9.93 Å². The first-order valence-electron chi connectivity index (χ1n) is 8.81. The van der Waals surface area contributed by atoms with E-state index >= 15 is 0 Å². The Morgan fingerprint density at radius 3 is 2.85 bits per heavy atom. The maximum atomic E-state index is 12.0. The molecule has 2 amide bonds. The van der Waals surface area contributed by atoms with Crippen molar-refractivity contribution in [3.05, 3.63) is 53.9 Å².